The molecule has 0 atom stereocenters. The van der Waals surface area contributed by atoms with Gasteiger partial charge in [0.05, 0.1) is 0 Å². The maximum absolute atomic E-state index is 3.52. The lowest BCUT2D eigenvalue weighted by Gasteiger charge is -2.25. The van der Waals surface area contributed by atoms with Gasteiger partial charge in [-0.15, -0.1) is 0 Å². The van der Waals surface area contributed by atoms with Gasteiger partial charge < -0.3 is 15.1 Å². The lowest BCUT2D eigenvalue weighted by molar-refractivity contribution is 0.360. The Labute approximate surface area is 118 Å². The Bertz CT molecular complexity index is 382. The molecule has 108 valence electrons. The van der Waals surface area contributed by atoms with Crippen molar-refractivity contribution in [3.05, 3.63) is 24.3 Å². The maximum Gasteiger partial charge on any atom is 0.0384 e. The summed E-state index contributed by atoms with van der Waals surface area (Å²) in [6.45, 7) is 12.0. The molecular weight excluding hydrogens is 234 g/mol. The first kappa shape index (κ1) is 15.8. The molecule has 0 aliphatic rings. The topological polar surface area (TPSA) is 18.5 Å². The van der Waals surface area contributed by atoms with Gasteiger partial charge in [0.15, 0.2) is 0 Å². The van der Waals surface area contributed by atoms with Crippen molar-refractivity contribution in [3.63, 3.8) is 0 Å². The van der Waals surface area contributed by atoms with Gasteiger partial charge in [0.1, 0.15) is 0 Å². The van der Waals surface area contributed by atoms with Crippen molar-refractivity contribution < 1.29 is 0 Å². The molecule has 0 saturated heterocycles. The van der Waals surface area contributed by atoms with Crippen molar-refractivity contribution in [1.29, 1.82) is 0 Å². The third-order valence-corrected chi connectivity index (χ3v) is 3.16. The van der Waals surface area contributed by atoms with Gasteiger partial charge in [-0.3, -0.25) is 0 Å². The van der Waals surface area contributed by atoms with Crippen molar-refractivity contribution in [2.75, 3.05) is 43.9 Å². The summed E-state index contributed by atoms with van der Waals surface area (Å²) in [4.78, 5) is 4.63. The van der Waals surface area contributed by atoms with Gasteiger partial charge in [-0.05, 0) is 52.6 Å². The van der Waals surface area contributed by atoms with Crippen LogP contribution in [-0.4, -0.2) is 44.2 Å². The van der Waals surface area contributed by atoms with Crippen LogP contribution < -0.4 is 10.2 Å². The van der Waals surface area contributed by atoms with Crippen LogP contribution in [-0.2, 0) is 0 Å². The number of nitrogens with zero attached hydrogens (tertiary/aromatic N) is 2. The van der Waals surface area contributed by atoms with E-state index in [1.165, 1.54) is 11.4 Å². The summed E-state index contributed by atoms with van der Waals surface area (Å²) >= 11 is 0. The molecule has 19 heavy (non-hydrogen) atoms. The molecule has 0 spiro atoms. The first-order valence-corrected chi connectivity index (χ1v) is 7.10. The number of likely N-dealkylation sites (N-methyl/N-ethyl adjacent to an activating group) is 2. The van der Waals surface area contributed by atoms with Crippen LogP contribution in [0.3, 0.4) is 0 Å². The lowest BCUT2D eigenvalue weighted by atomic mass is 10.1. The average Bonchev–Trinajstić information content (AvgIpc) is 2.33. The number of hydrogen-bond acceptors (Lipinski definition) is 3. The van der Waals surface area contributed by atoms with Crippen LogP contribution in [0.25, 0.3) is 0 Å². The summed E-state index contributed by atoms with van der Waals surface area (Å²) < 4.78 is 0. The number of benzene rings is 1. The molecule has 0 radical (unpaired) electrons. The average molecular weight is 263 g/mol. The number of anilines is 2. The molecule has 0 aromatic heterocycles. The van der Waals surface area contributed by atoms with E-state index in [0.29, 0.717) is 0 Å². The molecule has 0 saturated carbocycles. The molecule has 1 N–H and O–H groups in total. The Morgan fingerprint density at radius 2 is 1.79 bits per heavy atom. The van der Waals surface area contributed by atoms with Gasteiger partial charge in [-0.1, -0.05) is 13.0 Å². The minimum absolute atomic E-state index is 0.0968. The molecule has 3 nitrogen and oxygen atoms in total. The minimum Gasteiger partial charge on any atom is -0.380 e. The fourth-order valence-corrected chi connectivity index (χ4v) is 1.86. The summed E-state index contributed by atoms with van der Waals surface area (Å²) in [6, 6.07) is 8.63. The Morgan fingerprint density at radius 1 is 1.11 bits per heavy atom. The molecule has 1 rings (SSSR count). The summed E-state index contributed by atoms with van der Waals surface area (Å²) in [7, 11) is 4.31. The first-order chi connectivity index (χ1) is 8.81. The summed E-state index contributed by atoms with van der Waals surface area (Å²) in [5, 5.41) is 3.52. The van der Waals surface area contributed by atoms with Gasteiger partial charge in [0, 0.05) is 37.1 Å². The van der Waals surface area contributed by atoms with E-state index in [1.54, 1.807) is 0 Å². The molecule has 0 amide bonds. The van der Waals surface area contributed by atoms with E-state index >= 15 is 0 Å². The minimum atomic E-state index is 0.0968. The van der Waals surface area contributed by atoms with Crippen LogP contribution in [0.5, 0.6) is 0 Å². The Balaban J connectivity index is 2.65. The number of nitrogens with one attached hydrogen (secondary N) is 1. The monoisotopic (exact) mass is 263 g/mol. The molecule has 3 heteroatoms. The smallest absolute Gasteiger partial charge is 0.0384 e. The van der Waals surface area contributed by atoms with Crippen LogP contribution in [0.2, 0.25) is 0 Å². The van der Waals surface area contributed by atoms with E-state index in [0.717, 1.165) is 19.6 Å². The second-order valence-electron chi connectivity index (χ2n) is 6.24. The van der Waals surface area contributed by atoms with Gasteiger partial charge in [-0.2, -0.15) is 0 Å². The summed E-state index contributed by atoms with van der Waals surface area (Å²) in [6.07, 6.45) is 0. The van der Waals surface area contributed by atoms with Crippen LogP contribution in [0.15, 0.2) is 24.3 Å². The highest BCUT2D eigenvalue weighted by Crippen LogP contribution is 2.21. The molecule has 0 aliphatic carbocycles. The highest BCUT2D eigenvalue weighted by Gasteiger charge is 2.10. The summed E-state index contributed by atoms with van der Waals surface area (Å²) in [5.74, 6) is 0. The van der Waals surface area contributed by atoms with Crippen LogP contribution in [0.1, 0.15) is 27.7 Å². The molecule has 0 fully saturated rings. The van der Waals surface area contributed by atoms with Crippen molar-refractivity contribution in [1.82, 2.24) is 4.90 Å². The Kier molecular flexibility index (Phi) is 5.67. The molecule has 1 aromatic rings. The number of rotatable bonds is 6. The van der Waals surface area contributed by atoms with Gasteiger partial charge in [0.2, 0.25) is 0 Å². The van der Waals surface area contributed by atoms with Crippen molar-refractivity contribution in [2.24, 2.45) is 0 Å². The van der Waals surface area contributed by atoms with E-state index in [1.807, 2.05) is 0 Å². The van der Waals surface area contributed by atoms with Crippen LogP contribution in [0, 0.1) is 0 Å². The molecule has 0 aliphatic heterocycles. The summed E-state index contributed by atoms with van der Waals surface area (Å²) in [5.41, 5.74) is 2.54. The van der Waals surface area contributed by atoms with E-state index in [4.69, 9.17) is 0 Å². The zero-order valence-electron chi connectivity index (χ0n) is 13.3. The predicted molar refractivity (Wildman–Crippen MR) is 86.3 cm³/mol. The normalized spacial score (nSPS) is 11.7. The third-order valence-electron chi connectivity index (χ3n) is 3.16. The van der Waals surface area contributed by atoms with E-state index in [-0.39, 0.29) is 5.54 Å². The lowest BCUT2D eigenvalue weighted by Crippen LogP contribution is -2.30. The highest BCUT2D eigenvalue weighted by molar-refractivity contribution is 5.58. The van der Waals surface area contributed by atoms with Gasteiger partial charge in [-0.25, -0.2) is 0 Å². The van der Waals surface area contributed by atoms with Gasteiger partial charge >= 0.3 is 0 Å². The molecule has 0 heterocycles. The fraction of sp³-hybridized carbons (Fsp3) is 0.625. The highest BCUT2D eigenvalue weighted by atomic mass is 15.2. The standard InChI is InChI=1S/C16H29N3/c1-7-18(5)11-12-19(6)15-10-8-9-14(13-15)17-16(2,3)4/h8-10,13,17H,7,11-12H2,1-6H3. The van der Waals surface area contributed by atoms with E-state index in [2.05, 4.69) is 81.2 Å². The second kappa shape index (κ2) is 6.80. The van der Waals surface area contributed by atoms with Crippen LogP contribution >= 0.6 is 0 Å². The zero-order chi connectivity index (χ0) is 14.5. The zero-order valence-corrected chi connectivity index (χ0v) is 13.3. The van der Waals surface area contributed by atoms with Crippen molar-refractivity contribution >= 4 is 11.4 Å². The Hall–Kier alpha value is -1.22. The molecule has 0 bridgehead atoms. The predicted octanol–water partition coefficient (Wildman–Crippen LogP) is 3.28. The molecular formula is C16H29N3. The molecule has 0 unspecified atom stereocenters. The first-order valence-electron chi connectivity index (χ1n) is 7.10. The van der Waals surface area contributed by atoms with E-state index in [9.17, 15) is 0 Å². The fourth-order valence-electron chi connectivity index (χ4n) is 1.86. The van der Waals surface area contributed by atoms with Crippen molar-refractivity contribution in [2.45, 2.75) is 33.2 Å². The Morgan fingerprint density at radius 3 is 2.37 bits per heavy atom. The largest absolute Gasteiger partial charge is 0.380 e. The van der Waals surface area contributed by atoms with E-state index < -0.39 is 0 Å². The number of hydrogen-bond donors (Lipinski definition) is 1. The van der Waals surface area contributed by atoms with Gasteiger partial charge in [0.25, 0.3) is 0 Å². The third kappa shape index (κ3) is 5.97. The maximum atomic E-state index is 3.52. The van der Waals surface area contributed by atoms with Crippen molar-refractivity contribution in [3.8, 4) is 0 Å². The SMILES string of the molecule is CCN(C)CCN(C)c1cccc(NC(C)(C)C)c1. The quantitative estimate of drug-likeness (QED) is 0.849. The molecule has 1 aromatic carbocycles. The van der Waals surface area contributed by atoms with Crippen LogP contribution in [0.4, 0.5) is 11.4 Å². The second-order valence-corrected chi connectivity index (χ2v) is 6.24.